The molecule has 90 valence electrons. The largest absolute Gasteiger partial charge is 0.388 e. The molecule has 1 atom stereocenters. The van der Waals surface area contributed by atoms with E-state index in [0.717, 1.165) is 18.8 Å². The van der Waals surface area contributed by atoms with Crippen molar-refractivity contribution in [1.29, 1.82) is 0 Å². The number of nitrogens with two attached hydrogens (primary N) is 1. The molecule has 0 aliphatic heterocycles. The van der Waals surface area contributed by atoms with Crippen molar-refractivity contribution in [2.75, 3.05) is 6.54 Å². The Balaban J connectivity index is 2.74. The summed E-state index contributed by atoms with van der Waals surface area (Å²) in [5, 5.41) is 10.7. The van der Waals surface area contributed by atoms with E-state index in [0.29, 0.717) is 12.5 Å². The first-order chi connectivity index (χ1) is 6.81. The van der Waals surface area contributed by atoms with Crippen LogP contribution in [0, 0.1) is 17.3 Å². The normalized spacial score (nSPS) is 32.4. The Morgan fingerprint density at radius 1 is 1.13 bits per heavy atom. The molecule has 3 N–H and O–H groups in total. The second-order valence-corrected chi connectivity index (χ2v) is 6.34. The lowest BCUT2D eigenvalue weighted by Crippen LogP contribution is -2.55. The summed E-state index contributed by atoms with van der Waals surface area (Å²) in [6, 6.07) is 0. The monoisotopic (exact) mass is 213 g/mol. The molecular weight excluding hydrogens is 186 g/mol. The minimum atomic E-state index is -0.687. The standard InChI is InChI=1S/C13H27NO/c1-10-5-7-11(8-6-10)13(15,9-14)12(2,3)4/h10-11,15H,5-9,14H2,1-4H3. The van der Waals surface area contributed by atoms with Crippen LogP contribution < -0.4 is 5.73 Å². The summed E-state index contributed by atoms with van der Waals surface area (Å²) < 4.78 is 0. The summed E-state index contributed by atoms with van der Waals surface area (Å²) >= 11 is 0. The SMILES string of the molecule is CC1CCC(C(O)(CN)C(C)(C)C)CC1. The molecule has 1 aliphatic carbocycles. The average molecular weight is 213 g/mol. The highest BCUT2D eigenvalue weighted by atomic mass is 16.3. The van der Waals surface area contributed by atoms with Crippen molar-refractivity contribution in [2.45, 2.75) is 59.0 Å². The molecule has 1 aliphatic rings. The highest BCUT2D eigenvalue weighted by Crippen LogP contribution is 2.43. The van der Waals surface area contributed by atoms with Crippen molar-refractivity contribution in [3.05, 3.63) is 0 Å². The zero-order valence-corrected chi connectivity index (χ0v) is 10.7. The van der Waals surface area contributed by atoms with E-state index in [4.69, 9.17) is 5.73 Å². The maximum absolute atomic E-state index is 10.7. The molecule has 1 rings (SSSR count). The van der Waals surface area contributed by atoms with Gasteiger partial charge >= 0.3 is 0 Å². The molecule has 0 amide bonds. The van der Waals surface area contributed by atoms with E-state index < -0.39 is 5.60 Å². The molecular formula is C13H27NO. The molecule has 0 aromatic heterocycles. The molecule has 0 aromatic carbocycles. The van der Waals surface area contributed by atoms with Gasteiger partial charge in [0.1, 0.15) is 0 Å². The molecule has 0 saturated heterocycles. The first kappa shape index (κ1) is 13.0. The second kappa shape index (κ2) is 4.42. The van der Waals surface area contributed by atoms with Crippen LogP contribution in [0.15, 0.2) is 0 Å². The Kier molecular flexibility index (Phi) is 3.83. The molecule has 1 unspecified atom stereocenters. The first-order valence-electron chi connectivity index (χ1n) is 6.23. The van der Waals surface area contributed by atoms with E-state index >= 15 is 0 Å². The molecule has 0 radical (unpaired) electrons. The Morgan fingerprint density at radius 3 is 1.93 bits per heavy atom. The first-order valence-corrected chi connectivity index (χ1v) is 6.23. The Hall–Kier alpha value is -0.0800. The minimum absolute atomic E-state index is 0.118. The van der Waals surface area contributed by atoms with Crippen LogP contribution in [0.25, 0.3) is 0 Å². The molecule has 1 fully saturated rings. The third-order valence-corrected chi connectivity index (χ3v) is 4.30. The highest BCUT2D eigenvalue weighted by molar-refractivity contribution is 4.98. The van der Waals surface area contributed by atoms with Gasteiger partial charge in [-0.2, -0.15) is 0 Å². The molecule has 1 saturated carbocycles. The lowest BCUT2D eigenvalue weighted by molar-refractivity contribution is -0.109. The predicted molar refractivity (Wildman–Crippen MR) is 64.6 cm³/mol. The Labute approximate surface area is 94.2 Å². The fourth-order valence-corrected chi connectivity index (χ4v) is 2.82. The van der Waals surface area contributed by atoms with Crippen LogP contribution in [0.1, 0.15) is 53.4 Å². The third-order valence-electron chi connectivity index (χ3n) is 4.30. The van der Waals surface area contributed by atoms with E-state index in [9.17, 15) is 5.11 Å². The minimum Gasteiger partial charge on any atom is -0.388 e. The number of aliphatic hydroxyl groups is 1. The maximum Gasteiger partial charge on any atom is 0.0845 e. The molecule has 2 heteroatoms. The van der Waals surface area contributed by atoms with Gasteiger partial charge in [-0.1, -0.05) is 40.5 Å². The van der Waals surface area contributed by atoms with Crippen molar-refractivity contribution >= 4 is 0 Å². The molecule has 0 heterocycles. The zero-order chi connectivity index (χ0) is 11.7. The van der Waals surface area contributed by atoms with Crippen molar-refractivity contribution in [3.8, 4) is 0 Å². The molecule has 0 aromatic rings. The zero-order valence-electron chi connectivity index (χ0n) is 10.7. The van der Waals surface area contributed by atoms with Crippen LogP contribution in [0.4, 0.5) is 0 Å². The van der Waals surface area contributed by atoms with Gasteiger partial charge in [-0.3, -0.25) is 0 Å². The van der Waals surface area contributed by atoms with Crippen LogP contribution in [0.2, 0.25) is 0 Å². The van der Waals surface area contributed by atoms with Gasteiger partial charge in [-0.25, -0.2) is 0 Å². The molecule has 0 bridgehead atoms. The van der Waals surface area contributed by atoms with E-state index in [1.54, 1.807) is 0 Å². The second-order valence-electron chi connectivity index (χ2n) is 6.34. The van der Waals surface area contributed by atoms with Crippen LogP contribution in [0.3, 0.4) is 0 Å². The smallest absolute Gasteiger partial charge is 0.0845 e. The van der Waals surface area contributed by atoms with Crippen LogP contribution >= 0.6 is 0 Å². The summed E-state index contributed by atoms with van der Waals surface area (Å²) in [6.45, 7) is 8.97. The lowest BCUT2D eigenvalue weighted by Gasteiger charge is -2.47. The van der Waals surface area contributed by atoms with E-state index in [2.05, 4.69) is 27.7 Å². The fraction of sp³-hybridized carbons (Fsp3) is 1.00. The van der Waals surface area contributed by atoms with Gasteiger partial charge in [0.15, 0.2) is 0 Å². The summed E-state index contributed by atoms with van der Waals surface area (Å²) in [6.07, 6.45) is 4.74. The topological polar surface area (TPSA) is 46.2 Å². The highest BCUT2D eigenvalue weighted by Gasteiger charge is 2.45. The van der Waals surface area contributed by atoms with Crippen LogP contribution in [0.5, 0.6) is 0 Å². The quantitative estimate of drug-likeness (QED) is 0.740. The number of hydrogen-bond donors (Lipinski definition) is 2. The third kappa shape index (κ3) is 2.54. The van der Waals surface area contributed by atoms with Crippen molar-refractivity contribution in [2.24, 2.45) is 23.0 Å². The van der Waals surface area contributed by atoms with Crippen molar-refractivity contribution < 1.29 is 5.11 Å². The average Bonchev–Trinajstić information content (AvgIpc) is 2.16. The molecule has 0 spiro atoms. The van der Waals surface area contributed by atoms with Crippen molar-refractivity contribution in [1.82, 2.24) is 0 Å². The van der Waals surface area contributed by atoms with Crippen LogP contribution in [-0.2, 0) is 0 Å². The van der Waals surface area contributed by atoms with Gasteiger partial charge in [-0.15, -0.1) is 0 Å². The maximum atomic E-state index is 10.7. The molecule has 15 heavy (non-hydrogen) atoms. The Morgan fingerprint density at radius 2 is 1.60 bits per heavy atom. The van der Waals surface area contributed by atoms with Crippen LogP contribution in [-0.4, -0.2) is 17.3 Å². The summed E-state index contributed by atoms with van der Waals surface area (Å²) in [5.74, 6) is 1.21. The van der Waals surface area contributed by atoms with Gasteiger partial charge < -0.3 is 10.8 Å². The summed E-state index contributed by atoms with van der Waals surface area (Å²) in [5.41, 5.74) is 5.00. The van der Waals surface area contributed by atoms with Crippen molar-refractivity contribution in [3.63, 3.8) is 0 Å². The Bertz CT molecular complexity index is 201. The summed E-state index contributed by atoms with van der Waals surface area (Å²) in [7, 11) is 0. The van der Waals surface area contributed by atoms with Gasteiger partial charge in [0.05, 0.1) is 5.60 Å². The molecule has 2 nitrogen and oxygen atoms in total. The van der Waals surface area contributed by atoms with Gasteiger partial charge in [0, 0.05) is 6.54 Å². The van der Waals surface area contributed by atoms with Gasteiger partial charge in [0.2, 0.25) is 0 Å². The van der Waals surface area contributed by atoms with Gasteiger partial charge in [-0.05, 0) is 30.1 Å². The van der Waals surface area contributed by atoms with E-state index in [1.165, 1.54) is 12.8 Å². The number of hydrogen-bond acceptors (Lipinski definition) is 2. The van der Waals surface area contributed by atoms with E-state index in [1.807, 2.05) is 0 Å². The fourth-order valence-electron chi connectivity index (χ4n) is 2.82. The van der Waals surface area contributed by atoms with E-state index in [-0.39, 0.29) is 5.41 Å². The number of rotatable bonds is 2. The van der Waals surface area contributed by atoms with Gasteiger partial charge in [0.25, 0.3) is 0 Å². The predicted octanol–water partition coefficient (Wildman–Crippen LogP) is 2.55. The lowest BCUT2D eigenvalue weighted by atomic mass is 9.63. The summed E-state index contributed by atoms with van der Waals surface area (Å²) in [4.78, 5) is 0.